The summed E-state index contributed by atoms with van der Waals surface area (Å²) >= 11 is 7.01. The van der Waals surface area contributed by atoms with Crippen LogP contribution < -0.4 is 5.32 Å². The fraction of sp³-hybridized carbons (Fsp3) is 0.150. The van der Waals surface area contributed by atoms with Crippen molar-refractivity contribution in [2.45, 2.75) is 18.1 Å². The number of aromatic nitrogens is 3. The molecule has 0 saturated heterocycles. The number of hydrogen-bond donors (Lipinski definition) is 1. The van der Waals surface area contributed by atoms with Crippen molar-refractivity contribution in [3.05, 3.63) is 83.4 Å². The van der Waals surface area contributed by atoms with Gasteiger partial charge in [0, 0.05) is 18.7 Å². The monoisotopic (exact) mass is 416 g/mol. The lowest BCUT2D eigenvalue weighted by Gasteiger charge is -2.08. The highest BCUT2D eigenvalue weighted by Gasteiger charge is 2.14. The van der Waals surface area contributed by atoms with Gasteiger partial charge in [-0.2, -0.15) is 0 Å². The van der Waals surface area contributed by atoms with Gasteiger partial charge in [0.15, 0.2) is 5.16 Å². The van der Waals surface area contributed by atoms with Gasteiger partial charge in [-0.3, -0.25) is 4.79 Å². The fourth-order valence-electron chi connectivity index (χ4n) is 2.55. The Balaban J connectivity index is 1.65. The Morgan fingerprint density at radius 2 is 2.04 bits per heavy atom. The summed E-state index contributed by atoms with van der Waals surface area (Å²) in [5.74, 6) is 0.164. The van der Waals surface area contributed by atoms with E-state index in [4.69, 9.17) is 11.6 Å². The average molecular weight is 417 g/mol. The third-order valence-electron chi connectivity index (χ3n) is 3.85. The molecule has 0 aliphatic rings. The second kappa shape index (κ2) is 9.52. The quantitative estimate of drug-likeness (QED) is 0.431. The van der Waals surface area contributed by atoms with Crippen LogP contribution in [0, 0.1) is 5.82 Å². The maximum Gasteiger partial charge on any atom is 0.234 e. The molecule has 0 spiro atoms. The van der Waals surface area contributed by atoms with Crippen LogP contribution in [-0.2, 0) is 17.8 Å². The minimum atomic E-state index is -0.530. The predicted molar refractivity (Wildman–Crippen MR) is 110 cm³/mol. The topological polar surface area (TPSA) is 59.8 Å². The van der Waals surface area contributed by atoms with E-state index in [9.17, 15) is 9.18 Å². The minimum absolute atomic E-state index is 0.0401. The first-order chi connectivity index (χ1) is 13.6. The van der Waals surface area contributed by atoms with Crippen molar-refractivity contribution in [3.8, 4) is 0 Å². The van der Waals surface area contributed by atoms with E-state index in [2.05, 4.69) is 22.1 Å². The lowest BCUT2D eigenvalue weighted by Crippen LogP contribution is -2.15. The normalized spacial score (nSPS) is 10.6. The van der Waals surface area contributed by atoms with E-state index < -0.39 is 5.82 Å². The molecule has 0 unspecified atom stereocenters. The molecule has 1 amide bonds. The van der Waals surface area contributed by atoms with Gasteiger partial charge in [-0.15, -0.1) is 16.8 Å². The number of nitrogens with zero attached hydrogens (tertiary/aromatic N) is 3. The molecule has 0 aliphatic carbocycles. The number of carbonyl (C=O) groups excluding carboxylic acids is 1. The van der Waals surface area contributed by atoms with Crippen LogP contribution in [0.15, 0.2) is 66.3 Å². The van der Waals surface area contributed by atoms with Crippen molar-refractivity contribution in [1.82, 2.24) is 14.8 Å². The molecule has 1 heterocycles. The second-order valence-electron chi connectivity index (χ2n) is 5.93. The van der Waals surface area contributed by atoms with E-state index in [1.54, 1.807) is 6.08 Å². The molecule has 28 heavy (non-hydrogen) atoms. The molecular formula is C20H18ClFN4OS. The Labute approximate surface area is 171 Å². The highest BCUT2D eigenvalue weighted by molar-refractivity contribution is 7.99. The third-order valence-corrected chi connectivity index (χ3v) is 5.10. The van der Waals surface area contributed by atoms with Crippen molar-refractivity contribution in [2.24, 2.45) is 0 Å². The molecule has 3 aromatic rings. The first kappa shape index (κ1) is 20.1. The maximum atomic E-state index is 13.2. The molecule has 2 aromatic carbocycles. The molecule has 5 nitrogen and oxygen atoms in total. The average Bonchev–Trinajstić information content (AvgIpc) is 3.06. The van der Waals surface area contributed by atoms with Crippen LogP contribution in [-0.4, -0.2) is 26.4 Å². The Hall–Kier alpha value is -2.64. The van der Waals surface area contributed by atoms with E-state index in [0.29, 0.717) is 23.8 Å². The summed E-state index contributed by atoms with van der Waals surface area (Å²) in [6, 6.07) is 14.0. The number of halogens is 2. The van der Waals surface area contributed by atoms with E-state index in [-0.39, 0.29) is 16.7 Å². The maximum absolute atomic E-state index is 13.2. The zero-order valence-electron chi connectivity index (χ0n) is 14.9. The first-order valence-corrected chi connectivity index (χ1v) is 9.87. The standard InChI is InChI=1S/C20H18ClFN4OS/c1-2-10-26-18(11-14-6-4-3-5-7-14)24-25-20(26)28-13-19(27)23-15-8-9-17(22)16(21)12-15/h2-9,12H,1,10-11,13H2,(H,23,27). The molecule has 0 aliphatic heterocycles. The number of hydrogen-bond acceptors (Lipinski definition) is 4. The number of nitrogens with one attached hydrogen (secondary N) is 1. The van der Waals surface area contributed by atoms with Gasteiger partial charge in [0.25, 0.3) is 0 Å². The van der Waals surface area contributed by atoms with Crippen LogP contribution in [0.4, 0.5) is 10.1 Å². The van der Waals surface area contributed by atoms with Crippen LogP contribution in [0.5, 0.6) is 0 Å². The molecule has 144 valence electrons. The van der Waals surface area contributed by atoms with E-state index in [1.807, 2.05) is 34.9 Å². The number of carbonyl (C=O) groups is 1. The number of anilines is 1. The van der Waals surface area contributed by atoms with Crippen molar-refractivity contribution >= 4 is 35.0 Å². The molecule has 0 fully saturated rings. The largest absolute Gasteiger partial charge is 0.325 e. The number of amides is 1. The summed E-state index contributed by atoms with van der Waals surface area (Å²) in [4.78, 5) is 12.2. The van der Waals surface area contributed by atoms with Gasteiger partial charge in [-0.1, -0.05) is 59.8 Å². The number of thioether (sulfide) groups is 1. The van der Waals surface area contributed by atoms with Gasteiger partial charge in [-0.05, 0) is 23.8 Å². The molecule has 0 radical (unpaired) electrons. The van der Waals surface area contributed by atoms with Gasteiger partial charge in [0.1, 0.15) is 11.6 Å². The smallest absolute Gasteiger partial charge is 0.234 e. The van der Waals surface area contributed by atoms with Crippen LogP contribution in [0.1, 0.15) is 11.4 Å². The Kier molecular flexibility index (Phi) is 6.84. The summed E-state index contributed by atoms with van der Waals surface area (Å²) in [7, 11) is 0. The summed E-state index contributed by atoms with van der Waals surface area (Å²) in [5.41, 5.74) is 1.57. The van der Waals surface area contributed by atoms with Crippen LogP contribution in [0.2, 0.25) is 5.02 Å². The molecule has 1 aromatic heterocycles. The van der Waals surface area contributed by atoms with E-state index in [1.165, 1.54) is 30.0 Å². The van der Waals surface area contributed by atoms with Crippen molar-refractivity contribution < 1.29 is 9.18 Å². The summed E-state index contributed by atoms with van der Waals surface area (Å²) in [6.07, 6.45) is 2.41. The molecular weight excluding hydrogens is 399 g/mol. The fourth-order valence-corrected chi connectivity index (χ4v) is 3.50. The molecule has 0 atom stereocenters. The van der Waals surface area contributed by atoms with Crippen LogP contribution in [0.25, 0.3) is 0 Å². The summed E-state index contributed by atoms with van der Waals surface area (Å²) in [6.45, 7) is 4.33. The van der Waals surface area contributed by atoms with Crippen LogP contribution >= 0.6 is 23.4 Å². The number of benzene rings is 2. The molecule has 0 bridgehead atoms. The van der Waals surface area contributed by atoms with Gasteiger partial charge in [0.05, 0.1) is 10.8 Å². The first-order valence-electron chi connectivity index (χ1n) is 8.51. The Bertz CT molecular complexity index is 978. The molecule has 3 rings (SSSR count). The minimum Gasteiger partial charge on any atom is -0.325 e. The van der Waals surface area contributed by atoms with E-state index >= 15 is 0 Å². The van der Waals surface area contributed by atoms with Gasteiger partial charge in [-0.25, -0.2) is 4.39 Å². The van der Waals surface area contributed by atoms with Crippen molar-refractivity contribution in [1.29, 1.82) is 0 Å². The van der Waals surface area contributed by atoms with Crippen molar-refractivity contribution in [2.75, 3.05) is 11.1 Å². The number of rotatable bonds is 8. The highest BCUT2D eigenvalue weighted by Crippen LogP contribution is 2.21. The lowest BCUT2D eigenvalue weighted by molar-refractivity contribution is -0.113. The van der Waals surface area contributed by atoms with E-state index in [0.717, 1.165) is 11.4 Å². The third kappa shape index (κ3) is 5.21. The molecule has 0 saturated carbocycles. The Morgan fingerprint density at radius 1 is 1.25 bits per heavy atom. The Morgan fingerprint density at radius 3 is 2.75 bits per heavy atom. The van der Waals surface area contributed by atoms with Gasteiger partial charge >= 0.3 is 0 Å². The highest BCUT2D eigenvalue weighted by atomic mass is 35.5. The predicted octanol–water partition coefficient (Wildman–Crippen LogP) is 4.58. The summed E-state index contributed by atoms with van der Waals surface area (Å²) < 4.78 is 15.1. The molecule has 8 heteroatoms. The lowest BCUT2D eigenvalue weighted by atomic mass is 10.1. The second-order valence-corrected chi connectivity index (χ2v) is 7.28. The van der Waals surface area contributed by atoms with Crippen LogP contribution in [0.3, 0.4) is 0 Å². The zero-order chi connectivity index (χ0) is 19.9. The molecule has 1 N–H and O–H groups in total. The zero-order valence-corrected chi connectivity index (χ0v) is 16.5. The SMILES string of the molecule is C=CCn1c(Cc2ccccc2)nnc1SCC(=O)Nc1ccc(F)c(Cl)c1. The van der Waals surface area contributed by atoms with Crippen molar-refractivity contribution in [3.63, 3.8) is 0 Å². The summed E-state index contributed by atoms with van der Waals surface area (Å²) in [5, 5.41) is 11.8. The van der Waals surface area contributed by atoms with Gasteiger partial charge in [0.2, 0.25) is 5.91 Å². The van der Waals surface area contributed by atoms with Gasteiger partial charge < -0.3 is 9.88 Å². The number of allylic oxidation sites excluding steroid dienone is 1.